The zero-order chi connectivity index (χ0) is 14.5. The molecule has 0 bridgehead atoms. The predicted molar refractivity (Wildman–Crippen MR) is 76.7 cm³/mol. The van der Waals surface area contributed by atoms with Gasteiger partial charge in [-0.3, -0.25) is 4.98 Å². The van der Waals surface area contributed by atoms with Crippen LogP contribution in [0, 0.1) is 5.82 Å². The molecule has 1 aromatic carbocycles. The molecule has 104 valence electrons. The van der Waals surface area contributed by atoms with Gasteiger partial charge in [-0.05, 0) is 53.2 Å². The van der Waals surface area contributed by atoms with Crippen molar-refractivity contribution < 1.29 is 14.3 Å². The van der Waals surface area contributed by atoms with Crippen molar-refractivity contribution in [3.05, 3.63) is 58.1 Å². The van der Waals surface area contributed by atoms with Crippen LogP contribution in [0.1, 0.15) is 18.2 Å². The van der Waals surface area contributed by atoms with E-state index in [1.807, 2.05) is 12.1 Å². The van der Waals surface area contributed by atoms with E-state index in [9.17, 15) is 4.39 Å². The minimum absolute atomic E-state index is 0.241. The van der Waals surface area contributed by atoms with Crippen molar-refractivity contribution in [2.75, 3.05) is 0 Å². The third-order valence-corrected chi connectivity index (χ3v) is 3.11. The molecule has 0 aliphatic heterocycles. The summed E-state index contributed by atoms with van der Waals surface area (Å²) in [6.45, 7) is 1.81. The molecule has 0 saturated heterocycles. The van der Waals surface area contributed by atoms with Gasteiger partial charge >= 0.3 is 0 Å². The first kappa shape index (κ1) is 14.5. The molecule has 0 radical (unpaired) electrons. The molecule has 2 rings (SSSR count). The summed E-state index contributed by atoms with van der Waals surface area (Å²) < 4.78 is 19.7. The lowest BCUT2D eigenvalue weighted by Gasteiger charge is -2.10. The van der Waals surface area contributed by atoms with E-state index in [4.69, 9.17) is 9.94 Å². The third kappa shape index (κ3) is 3.54. The fourth-order valence-corrected chi connectivity index (χ4v) is 1.84. The number of aromatic nitrogens is 1. The van der Waals surface area contributed by atoms with Crippen LogP contribution in [-0.4, -0.2) is 15.9 Å². The maximum Gasteiger partial charge on any atom is 0.130 e. The normalized spacial score (nSPS) is 11.4. The lowest BCUT2D eigenvalue weighted by Crippen LogP contribution is -2.04. The van der Waals surface area contributed by atoms with E-state index in [2.05, 4.69) is 26.1 Å². The Labute approximate surface area is 124 Å². The van der Waals surface area contributed by atoms with Gasteiger partial charge in [-0.2, -0.15) is 0 Å². The molecule has 1 N–H and O–H groups in total. The molecule has 1 heterocycles. The van der Waals surface area contributed by atoms with Crippen molar-refractivity contribution in [2.24, 2.45) is 5.16 Å². The summed E-state index contributed by atoms with van der Waals surface area (Å²) in [4.78, 5) is 4.18. The SMILES string of the molecule is C/C(=N/O)c1cc(F)ccc1OCc1ccc(Br)cn1. The molecule has 20 heavy (non-hydrogen) atoms. The second-order valence-corrected chi connectivity index (χ2v) is 5.00. The second-order valence-electron chi connectivity index (χ2n) is 4.08. The average Bonchev–Trinajstić information content (AvgIpc) is 2.46. The van der Waals surface area contributed by atoms with Gasteiger partial charge in [-0.15, -0.1) is 0 Å². The number of halogens is 2. The van der Waals surface area contributed by atoms with Gasteiger partial charge in [0.2, 0.25) is 0 Å². The number of pyridine rings is 1. The summed E-state index contributed by atoms with van der Waals surface area (Å²) in [6, 6.07) is 7.73. The highest BCUT2D eigenvalue weighted by atomic mass is 79.9. The zero-order valence-electron chi connectivity index (χ0n) is 10.7. The van der Waals surface area contributed by atoms with Crippen LogP contribution < -0.4 is 4.74 Å². The van der Waals surface area contributed by atoms with E-state index in [0.717, 1.165) is 10.2 Å². The minimum atomic E-state index is -0.419. The van der Waals surface area contributed by atoms with Gasteiger partial charge in [0.1, 0.15) is 18.2 Å². The highest BCUT2D eigenvalue weighted by Gasteiger charge is 2.09. The van der Waals surface area contributed by atoms with E-state index < -0.39 is 5.82 Å². The van der Waals surface area contributed by atoms with Crippen molar-refractivity contribution >= 4 is 21.6 Å². The lowest BCUT2D eigenvalue weighted by molar-refractivity contribution is 0.298. The molecule has 0 fully saturated rings. The maximum absolute atomic E-state index is 13.2. The highest BCUT2D eigenvalue weighted by molar-refractivity contribution is 9.10. The Morgan fingerprint density at radius 2 is 2.20 bits per heavy atom. The van der Waals surface area contributed by atoms with Crippen LogP contribution in [0.5, 0.6) is 5.75 Å². The van der Waals surface area contributed by atoms with Gasteiger partial charge < -0.3 is 9.94 Å². The summed E-state index contributed by atoms with van der Waals surface area (Å²) >= 11 is 3.30. The molecule has 0 atom stereocenters. The van der Waals surface area contributed by atoms with Crippen LogP contribution in [0.2, 0.25) is 0 Å². The Morgan fingerprint density at radius 3 is 2.85 bits per heavy atom. The third-order valence-electron chi connectivity index (χ3n) is 2.65. The van der Waals surface area contributed by atoms with Gasteiger partial charge in [0.15, 0.2) is 0 Å². The summed E-state index contributed by atoms with van der Waals surface area (Å²) in [6.07, 6.45) is 1.67. The minimum Gasteiger partial charge on any atom is -0.487 e. The molecule has 0 amide bonds. The quantitative estimate of drug-likeness (QED) is 0.524. The molecule has 0 saturated carbocycles. The van der Waals surface area contributed by atoms with Crippen molar-refractivity contribution in [3.8, 4) is 5.75 Å². The molecule has 0 spiro atoms. The predicted octanol–water partition coefficient (Wildman–Crippen LogP) is 3.76. The molecule has 6 heteroatoms. The molecule has 0 unspecified atom stereocenters. The van der Waals surface area contributed by atoms with E-state index in [1.165, 1.54) is 18.2 Å². The zero-order valence-corrected chi connectivity index (χ0v) is 12.3. The first-order valence-electron chi connectivity index (χ1n) is 5.82. The monoisotopic (exact) mass is 338 g/mol. The van der Waals surface area contributed by atoms with E-state index in [0.29, 0.717) is 11.3 Å². The van der Waals surface area contributed by atoms with Gasteiger partial charge in [-0.1, -0.05) is 5.16 Å². The second kappa shape index (κ2) is 6.47. The van der Waals surface area contributed by atoms with Crippen LogP contribution in [0.4, 0.5) is 4.39 Å². The largest absolute Gasteiger partial charge is 0.487 e. The number of hydrogen-bond donors (Lipinski definition) is 1. The van der Waals surface area contributed by atoms with E-state index in [1.54, 1.807) is 13.1 Å². The van der Waals surface area contributed by atoms with Crippen molar-refractivity contribution in [1.29, 1.82) is 0 Å². The van der Waals surface area contributed by atoms with Crippen molar-refractivity contribution in [1.82, 2.24) is 4.98 Å². The number of hydrogen-bond acceptors (Lipinski definition) is 4. The number of rotatable bonds is 4. The van der Waals surface area contributed by atoms with E-state index in [-0.39, 0.29) is 12.3 Å². The van der Waals surface area contributed by atoms with E-state index >= 15 is 0 Å². The molecular weight excluding hydrogens is 327 g/mol. The Balaban J connectivity index is 2.19. The Morgan fingerprint density at radius 1 is 1.40 bits per heavy atom. The molecular formula is C14H12BrFN2O2. The first-order chi connectivity index (χ1) is 9.60. The van der Waals surface area contributed by atoms with Crippen LogP contribution in [0.25, 0.3) is 0 Å². The number of oxime groups is 1. The first-order valence-corrected chi connectivity index (χ1v) is 6.61. The van der Waals surface area contributed by atoms with Gasteiger partial charge in [0, 0.05) is 16.2 Å². The molecule has 0 aliphatic rings. The summed E-state index contributed by atoms with van der Waals surface area (Å²) in [5.74, 6) is 0.0172. The van der Waals surface area contributed by atoms with Crippen molar-refractivity contribution in [3.63, 3.8) is 0 Å². The Bertz CT molecular complexity index is 630. The lowest BCUT2D eigenvalue weighted by atomic mass is 10.1. The van der Waals surface area contributed by atoms with Crippen LogP contribution >= 0.6 is 15.9 Å². The number of nitrogens with zero attached hydrogens (tertiary/aromatic N) is 2. The topological polar surface area (TPSA) is 54.7 Å². The fourth-order valence-electron chi connectivity index (χ4n) is 1.61. The summed E-state index contributed by atoms with van der Waals surface area (Å²) in [5.41, 5.74) is 1.43. The van der Waals surface area contributed by atoms with Crippen LogP contribution in [0.3, 0.4) is 0 Å². The van der Waals surface area contributed by atoms with Crippen LogP contribution in [-0.2, 0) is 6.61 Å². The smallest absolute Gasteiger partial charge is 0.130 e. The highest BCUT2D eigenvalue weighted by Crippen LogP contribution is 2.22. The van der Waals surface area contributed by atoms with Crippen molar-refractivity contribution in [2.45, 2.75) is 13.5 Å². The molecule has 2 aromatic rings. The molecule has 0 aliphatic carbocycles. The number of ether oxygens (including phenoxy) is 1. The standard InChI is InChI=1S/C14H12BrFN2O2/c1-9(18-19)13-6-11(16)3-5-14(13)20-8-12-4-2-10(15)7-17-12/h2-7,19H,8H2,1H3/b18-9-. The van der Waals surface area contributed by atoms with Gasteiger partial charge in [-0.25, -0.2) is 4.39 Å². The summed E-state index contributed by atoms with van der Waals surface area (Å²) in [5, 5.41) is 11.9. The fraction of sp³-hybridized carbons (Fsp3) is 0.143. The Kier molecular flexibility index (Phi) is 4.68. The Hall–Kier alpha value is -1.95. The van der Waals surface area contributed by atoms with Gasteiger partial charge in [0.25, 0.3) is 0 Å². The average molecular weight is 339 g/mol. The van der Waals surface area contributed by atoms with Gasteiger partial charge in [0.05, 0.1) is 11.4 Å². The number of benzene rings is 1. The maximum atomic E-state index is 13.2. The van der Waals surface area contributed by atoms with Crippen LogP contribution in [0.15, 0.2) is 46.2 Å². The molecule has 4 nitrogen and oxygen atoms in total. The molecule has 1 aromatic heterocycles. The summed E-state index contributed by atoms with van der Waals surface area (Å²) in [7, 11) is 0.